The second-order valence-electron chi connectivity index (χ2n) is 5.06. The van der Waals surface area contributed by atoms with Crippen molar-refractivity contribution >= 4 is 32.8 Å². The first-order valence-corrected chi connectivity index (χ1v) is 7.91. The topological polar surface area (TPSA) is 93.2 Å². The van der Waals surface area contributed by atoms with E-state index < -0.39 is 26.9 Å². The summed E-state index contributed by atoms with van der Waals surface area (Å²) in [5, 5.41) is 3.35. The second kappa shape index (κ2) is 5.13. The van der Waals surface area contributed by atoms with Crippen LogP contribution in [0, 0.1) is 0 Å². The molecule has 0 aliphatic carbocycles. The fourth-order valence-electron chi connectivity index (χ4n) is 2.45. The van der Waals surface area contributed by atoms with Crippen molar-refractivity contribution in [2.24, 2.45) is 0 Å². The van der Waals surface area contributed by atoms with Gasteiger partial charge in [0.2, 0.25) is 11.8 Å². The number of carbonyl (C=O) groups excluding carboxylic acids is 2. The highest BCUT2D eigenvalue weighted by molar-refractivity contribution is 7.86. The first-order chi connectivity index (χ1) is 10.3. The number of fused-ring (bicyclic) bond motifs is 1. The number of nitrogens with one attached hydrogen (secondary N) is 1. The summed E-state index contributed by atoms with van der Waals surface area (Å²) in [6, 6.07) is 5.45. The van der Waals surface area contributed by atoms with Crippen LogP contribution in [0.1, 0.15) is 24.5 Å². The molecule has 6 nitrogen and oxygen atoms in total. The molecule has 8 heteroatoms. The first-order valence-electron chi connectivity index (χ1n) is 6.53. The highest BCUT2D eigenvalue weighted by Crippen LogP contribution is 2.27. The van der Waals surface area contributed by atoms with Crippen molar-refractivity contribution in [2.75, 3.05) is 0 Å². The van der Waals surface area contributed by atoms with Gasteiger partial charge in [0.05, 0.1) is 16.5 Å². The lowest BCUT2D eigenvalue weighted by Crippen LogP contribution is -2.39. The zero-order chi connectivity index (χ0) is 15.9. The highest BCUT2D eigenvalue weighted by atomic mass is 32.3. The molecule has 2 aromatic rings. The first kappa shape index (κ1) is 14.6. The lowest BCUT2D eigenvalue weighted by molar-refractivity contribution is -0.134. The van der Waals surface area contributed by atoms with Crippen LogP contribution in [-0.4, -0.2) is 25.2 Å². The molecule has 0 saturated carbocycles. The quantitative estimate of drug-likeness (QED) is 0.666. The molecule has 1 aromatic carbocycles. The molecule has 1 aromatic heterocycles. The third-order valence-electron chi connectivity index (χ3n) is 3.59. The van der Waals surface area contributed by atoms with E-state index in [2.05, 4.69) is 10.3 Å². The summed E-state index contributed by atoms with van der Waals surface area (Å²) in [4.78, 5) is 26.7. The number of pyridine rings is 1. The fraction of sp³-hybridized carbons (Fsp3) is 0.214. The maximum Gasteiger partial charge on any atom is 0.332 e. The van der Waals surface area contributed by atoms with Crippen LogP contribution in [0.2, 0.25) is 0 Å². The van der Waals surface area contributed by atoms with Gasteiger partial charge in [-0.15, -0.1) is 3.89 Å². The van der Waals surface area contributed by atoms with Crippen LogP contribution in [0.15, 0.2) is 35.4 Å². The number of hydrogen-bond acceptors (Lipinski definition) is 5. The van der Waals surface area contributed by atoms with Crippen molar-refractivity contribution in [1.82, 2.24) is 10.3 Å². The number of rotatable bonds is 2. The van der Waals surface area contributed by atoms with Crippen molar-refractivity contribution in [2.45, 2.75) is 23.7 Å². The van der Waals surface area contributed by atoms with Gasteiger partial charge in [-0.05, 0) is 30.0 Å². The minimum atomic E-state index is -4.77. The molecule has 1 aliphatic rings. The molecule has 1 saturated heterocycles. The van der Waals surface area contributed by atoms with Crippen molar-refractivity contribution in [3.8, 4) is 0 Å². The van der Waals surface area contributed by atoms with E-state index in [1.165, 1.54) is 18.3 Å². The number of carbonyl (C=O) groups is 2. The van der Waals surface area contributed by atoms with E-state index in [0.717, 1.165) is 6.07 Å². The summed E-state index contributed by atoms with van der Waals surface area (Å²) in [6.45, 7) is 0. The third kappa shape index (κ3) is 2.69. The average Bonchev–Trinajstić information content (AvgIpc) is 2.45. The zero-order valence-electron chi connectivity index (χ0n) is 11.2. The monoisotopic (exact) mass is 322 g/mol. The van der Waals surface area contributed by atoms with Gasteiger partial charge in [0.15, 0.2) is 0 Å². The van der Waals surface area contributed by atoms with Crippen LogP contribution in [0.25, 0.3) is 10.8 Å². The van der Waals surface area contributed by atoms with E-state index in [1.54, 1.807) is 6.07 Å². The molecule has 1 fully saturated rings. The van der Waals surface area contributed by atoms with Gasteiger partial charge in [-0.2, -0.15) is 8.42 Å². The Bertz CT molecular complexity index is 895. The number of hydrogen-bond donors (Lipinski definition) is 1. The predicted molar refractivity (Wildman–Crippen MR) is 75.2 cm³/mol. The van der Waals surface area contributed by atoms with Crippen LogP contribution < -0.4 is 5.32 Å². The van der Waals surface area contributed by atoms with Crippen LogP contribution in [0.5, 0.6) is 0 Å². The standard InChI is InChI=1S/C14H11FN2O4S/c15-22(20,21)10-2-1-8-6-12(16-7-9(8)5-10)11-3-4-13(18)17-14(11)19/h1-2,5-7,11H,3-4H2,(H,17,18,19). The molecule has 0 spiro atoms. The van der Waals surface area contributed by atoms with Crippen molar-refractivity contribution < 1.29 is 21.9 Å². The summed E-state index contributed by atoms with van der Waals surface area (Å²) in [5.41, 5.74) is 0.494. The molecule has 1 aliphatic heterocycles. The minimum absolute atomic E-state index is 0.245. The minimum Gasteiger partial charge on any atom is -0.296 e. The average molecular weight is 322 g/mol. The summed E-state index contributed by atoms with van der Waals surface area (Å²) < 4.78 is 34.8. The SMILES string of the molecule is O=C1CCC(c2cc3ccc(S(=O)(=O)F)cc3cn2)C(=O)N1. The molecular formula is C14H11FN2O4S. The smallest absolute Gasteiger partial charge is 0.296 e. The molecule has 114 valence electrons. The zero-order valence-corrected chi connectivity index (χ0v) is 12.1. The van der Waals surface area contributed by atoms with Crippen molar-refractivity contribution in [1.29, 1.82) is 0 Å². The Morgan fingerprint density at radius 1 is 1.18 bits per heavy atom. The number of nitrogens with zero attached hydrogens (tertiary/aromatic N) is 1. The molecule has 0 radical (unpaired) electrons. The van der Waals surface area contributed by atoms with E-state index in [-0.39, 0.29) is 12.3 Å². The van der Waals surface area contributed by atoms with Crippen molar-refractivity contribution in [3.05, 3.63) is 36.2 Å². The largest absolute Gasteiger partial charge is 0.332 e. The van der Waals surface area contributed by atoms with E-state index in [4.69, 9.17) is 0 Å². The molecule has 22 heavy (non-hydrogen) atoms. The van der Waals surface area contributed by atoms with Gasteiger partial charge < -0.3 is 0 Å². The number of halogens is 1. The molecule has 0 bridgehead atoms. The Balaban J connectivity index is 2.00. The van der Waals surface area contributed by atoms with Crippen LogP contribution in [0.4, 0.5) is 3.89 Å². The molecule has 1 unspecified atom stereocenters. The van der Waals surface area contributed by atoms with Crippen LogP contribution in [0.3, 0.4) is 0 Å². The van der Waals surface area contributed by atoms with Gasteiger partial charge in [-0.25, -0.2) is 0 Å². The van der Waals surface area contributed by atoms with E-state index in [9.17, 15) is 21.9 Å². The lowest BCUT2D eigenvalue weighted by Gasteiger charge is -2.20. The van der Waals surface area contributed by atoms with Gasteiger partial charge in [-0.1, -0.05) is 6.07 Å². The second-order valence-corrected chi connectivity index (χ2v) is 6.41. The van der Waals surface area contributed by atoms with Gasteiger partial charge in [0.25, 0.3) is 0 Å². The maximum absolute atomic E-state index is 13.0. The van der Waals surface area contributed by atoms with Gasteiger partial charge >= 0.3 is 10.2 Å². The third-order valence-corrected chi connectivity index (χ3v) is 4.41. The van der Waals surface area contributed by atoms with Crippen LogP contribution >= 0.6 is 0 Å². The Kier molecular flexibility index (Phi) is 3.40. The van der Waals surface area contributed by atoms with E-state index in [0.29, 0.717) is 22.9 Å². The number of aromatic nitrogens is 1. The number of piperidine rings is 1. The number of amides is 2. The predicted octanol–water partition coefficient (Wildman–Crippen LogP) is 1.41. The number of imide groups is 1. The summed E-state index contributed by atoms with van der Waals surface area (Å²) in [6.07, 6.45) is 2.01. The summed E-state index contributed by atoms with van der Waals surface area (Å²) in [7, 11) is -4.77. The fourth-order valence-corrected chi connectivity index (χ4v) is 2.95. The Morgan fingerprint density at radius 2 is 1.95 bits per heavy atom. The van der Waals surface area contributed by atoms with E-state index in [1.807, 2.05) is 0 Å². The summed E-state index contributed by atoms with van der Waals surface area (Å²) in [5.74, 6) is -1.22. The van der Waals surface area contributed by atoms with E-state index >= 15 is 0 Å². The normalized spacial score (nSPS) is 19.2. The molecule has 1 N–H and O–H groups in total. The number of benzene rings is 1. The summed E-state index contributed by atoms with van der Waals surface area (Å²) >= 11 is 0. The van der Waals surface area contributed by atoms with Gasteiger partial charge in [-0.3, -0.25) is 19.9 Å². The highest BCUT2D eigenvalue weighted by Gasteiger charge is 2.29. The van der Waals surface area contributed by atoms with Gasteiger partial charge in [0, 0.05) is 18.0 Å². The van der Waals surface area contributed by atoms with Crippen LogP contribution in [-0.2, 0) is 19.8 Å². The maximum atomic E-state index is 13.0. The molecule has 1 atom stereocenters. The Labute approximate surface area is 125 Å². The lowest BCUT2D eigenvalue weighted by atomic mass is 9.93. The molecule has 2 amide bonds. The van der Waals surface area contributed by atoms with Crippen molar-refractivity contribution in [3.63, 3.8) is 0 Å². The molecule has 2 heterocycles. The van der Waals surface area contributed by atoms with Gasteiger partial charge in [0.1, 0.15) is 0 Å². The Hall–Kier alpha value is -2.35. The Morgan fingerprint density at radius 3 is 2.64 bits per heavy atom. The molecular weight excluding hydrogens is 311 g/mol. The molecule has 3 rings (SSSR count).